The Hall–Kier alpha value is -2.38. The van der Waals surface area contributed by atoms with Gasteiger partial charge in [-0.25, -0.2) is 5.10 Å². The van der Waals surface area contributed by atoms with E-state index in [2.05, 4.69) is 66.6 Å². The Balaban J connectivity index is 1.70. The number of hydrogen-bond donors (Lipinski definition) is 1. The van der Waals surface area contributed by atoms with Crippen LogP contribution in [0.2, 0.25) is 0 Å². The molecule has 0 aliphatic rings. The largest absolute Gasteiger partial charge is 0.486 e. The molecule has 0 amide bonds. The van der Waals surface area contributed by atoms with E-state index in [1.54, 1.807) is 22.7 Å². The van der Waals surface area contributed by atoms with Gasteiger partial charge in [0.25, 0.3) is 0 Å². The normalized spacial score (nSPS) is 11.9. The Kier molecular flexibility index (Phi) is 6.36. The van der Waals surface area contributed by atoms with Crippen molar-refractivity contribution >= 4 is 30.2 Å². The summed E-state index contributed by atoms with van der Waals surface area (Å²) in [5.74, 6) is 1.40. The molecular weight excluding hydrogens is 388 g/mol. The fraction of sp³-hybridized carbons (Fsp3) is 0.286. The Morgan fingerprint density at radius 2 is 1.82 bits per heavy atom. The van der Waals surface area contributed by atoms with Gasteiger partial charge in [-0.15, -0.1) is 11.8 Å². The molecule has 7 heteroatoms. The summed E-state index contributed by atoms with van der Waals surface area (Å²) in [5.41, 5.74) is 2.37. The predicted molar refractivity (Wildman–Crippen MR) is 118 cm³/mol. The Bertz CT molecular complexity index is 997. The summed E-state index contributed by atoms with van der Waals surface area (Å²) in [6, 6.07) is 16.3. The molecule has 146 valence electrons. The van der Waals surface area contributed by atoms with E-state index < -0.39 is 0 Å². The standard InChI is InChI=1S/C21H24N4OS2/c1-21(2,3)16-7-9-17(10-8-16)26-14-19-23-24-20(27)25(19)22-13-15-5-11-18(28-4)12-6-15/h5-13H,14H2,1-4H3,(H,24,27)/b22-13-. The van der Waals surface area contributed by atoms with Gasteiger partial charge in [-0.1, -0.05) is 45.0 Å². The van der Waals surface area contributed by atoms with Crippen molar-refractivity contribution in [3.63, 3.8) is 0 Å². The average Bonchev–Trinajstić information content (AvgIpc) is 3.04. The smallest absolute Gasteiger partial charge is 0.216 e. The van der Waals surface area contributed by atoms with Crippen LogP contribution in [0, 0.1) is 4.77 Å². The third-order valence-corrected chi connectivity index (χ3v) is 5.25. The highest BCUT2D eigenvalue weighted by atomic mass is 32.2. The fourth-order valence-corrected chi connectivity index (χ4v) is 3.16. The van der Waals surface area contributed by atoms with Crippen molar-refractivity contribution in [3.05, 3.63) is 70.3 Å². The predicted octanol–water partition coefficient (Wildman–Crippen LogP) is 5.42. The van der Waals surface area contributed by atoms with Crippen molar-refractivity contribution in [3.8, 4) is 5.75 Å². The van der Waals surface area contributed by atoms with E-state index in [9.17, 15) is 0 Å². The number of aromatic nitrogens is 3. The SMILES string of the molecule is CSc1ccc(/C=N\n2c(COc3ccc(C(C)(C)C)cc3)n[nH]c2=S)cc1. The fourth-order valence-electron chi connectivity index (χ4n) is 2.55. The summed E-state index contributed by atoms with van der Waals surface area (Å²) in [6.07, 6.45) is 3.81. The first-order chi connectivity index (χ1) is 13.4. The van der Waals surface area contributed by atoms with Crippen LogP contribution in [0.4, 0.5) is 0 Å². The molecule has 0 unspecified atom stereocenters. The molecule has 1 aromatic heterocycles. The van der Waals surface area contributed by atoms with Gasteiger partial charge in [0.1, 0.15) is 12.4 Å². The van der Waals surface area contributed by atoms with Crippen molar-refractivity contribution in [2.24, 2.45) is 5.10 Å². The number of hydrogen-bond acceptors (Lipinski definition) is 5. The van der Waals surface area contributed by atoms with E-state index in [0.29, 0.717) is 10.6 Å². The van der Waals surface area contributed by atoms with E-state index in [1.807, 2.05) is 24.3 Å². The quantitative estimate of drug-likeness (QED) is 0.334. The number of aromatic amines is 1. The van der Waals surface area contributed by atoms with Gasteiger partial charge in [-0.3, -0.25) is 0 Å². The van der Waals surface area contributed by atoms with Crippen LogP contribution in [0.25, 0.3) is 0 Å². The van der Waals surface area contributed by atoms with Gasteiger partial charge >= 0.3 is 0 Å². The maximum atomic E-state index is 5.87. The summed E-state index contributed by atoms with van der Waals surface area (Å²) < 4.78 is 7.88. The minimum absolute atomic E-state index is 0.115. The number of nitrogens with one attached hydrogen (secondary N) is 1. The van der Waals surface area contributed by atoms with Crippen LogP contribution in [-0.2, 0) is 12.0 Å². The number of H-pyrrole nitrogens is 1. The second-order valence-corrected chi connectivity index (χ2v) is 8.60. The van der Waals surface area contributed by atoms with E-state index in [1.165, 1.54) is 10.5 Å². The lowest BCUT2D eigenvalue weighted by Crippen LogP contribution is -2.10. The molecule has 1 heterocycles. The molecule has 0 atom stereocenters. The Labute approximate surface area is 174 Å². The van der Waals surface area contributed by atoms with Crippen LogP contribution in [0.5, 0.6) is 5.75 Å². The molecule has 5 nitrogen and oxygen atoms in total. The second-order valence-electron chi connectivity index (χ2n) is 7.34. The maximum Gasteiger partial charge on any atom is 0.216 e. The van der Waals surface area contributed by atoms with Gasteiger partial charge in [0.15, 0.2) is 5.82 Å². The van der Waals surface area contributed by atoms with Crippen molar-refractivity contribution in [2.75, 3.05) is 6.26 Å². The molecule has 3 rings (SSSR count). The third kappa shape index (κ3) is 5.11. The lowest BCUT2D eigenvalue weighted by Gasteiger charge is -2.19. The third-order valence-electron chi connectivity index (χ3n) is 4.24. The first kappa shape index (κ1) is 20.4. The monoisotopic (exact) mass is 412 g/mol. The molecule has 0 aliphatic carbocycles. The minimum atomic E-state index is 0.115. The molecule has 0 radical (unpaired) electrons. The summed E-state index contributed by atoms with van der Waals surface area (Å²) >= 11 is 7.00. The van der Waals surface area contributed by atoms with Crippen molar-refractivity contribution in [2.45, 2.75) is 37.7 Å². The molecule has 3 aromatic rings. The molecule has 1 N–H and O–H groups in total. The number of rotatable bonds is 6. The molecule has 0 fully saturated rings. The lowest BCUT2D eigenvalue weighted by molar-refractivity contribution is 0.290. The highest BCUT2D eigenvalue weighted by Crippen LogP contribution is 2.24. The summed E-state index contributed by atoms with van der Waals surface area (Å²) in [5, 5.41) is 11.5. The molecular formula is C21H24N4OS2. The molecule has 0 bridgehead atoms. The molecule has 0 saturated carbocycles. The van der Waals surface area contributed by atoms with Gasteiger partial charge in [-0.2, -0.15) is 14.9 Å². The van der Waals surface area contributed by atoms with Crippen LogP contribution in [0.15, 0.2) is 58.5 Å². The minimum Gasteiger partial charge on any atom is -0.486 e. The van der Waals surface area contributed by atoms with Crippen molar-refractivity contribution < 1.29 is 4.74 Å². The number of thioether (sulfide) groups is 1. The lowest BCUT2D eigenvalue weighted by atomic mass is 9.87. The zero-order valence-corrected chi connectivity index (χ0v) is 18.1. The van der Waals surface area contributed by atoms with Gasteiger partial charge in [0.2, 0.25) is 4.77 Å². The van der Waals surface area contributed by atoms with E-state index in [-0.39, 0.29) is 12.0 Å². The Morgan fingerprint density at radius 3 is 2.43 bits per heavy atom. The molecule has 2 aromatic carbocycles. The number of benzene rings is 2. The van der Waals surface area contributed by atoms with Crippen LogP contribution >= 0.6 is 24.0 Å². The first-order valence-electron chi connectivity index (χ1n) is 8.95. The van der Waals surface area contributed by atoms with Gasteiger partial charge in [-0.05, 0) is 59.3 Å². The average molecular weight is 413 g/mol. The zero-order chi connectivity index (χ0) is 20.1. The van der Waals surface area contributed by atoms with Crippen LogP contribution in [0.3, 0.4) is 0 Å². The van der Waals surface area contributed by atoms with Crippen molar-refractivity contribution in [1.82, 2.24) is 14.9 Å². The van der Waals surface area contributed by atoms with Gasteiger partial charge in [0, 0.05) is 4.90 Å². The molecule has 28 heavy (non-hydrogen) atoms. The van der Waals surface area contributed by atoms with Crippen LogP contribution in [0.1, 0.15) is 37.7 Å². The van der Waals surface area contributed by atoms with E-state index >= 15 is 0 Å². The number of ether oxygens (including phenoxy) is 1. The molecule has 0 spiro atoms. The van der Waals surface area contributed by atoms with Gasteiger partial charge in [0.05, 0.1) is 6.21 Å². The molecule has 0 saturated heterocycles. The second kappa shape index (κ2) is 8.75. The highest BCUT2D eigenvalue weighted by Gasteiger charge is 2.13. The summed E-state index contributed by atoms with van der Waals surface area (Å²) in [7, 11) is 0. The Morgan fingerprint density at radius 1 is 1.14 bits per heavy atom. The topological polar surface area (TPSA) is 55.2 Å². The highest BCUT2D eigenvalue weighted by molar-refractivity contribution is 7.98. The zero-order valence-electron chi connectivity index (χ0n) is 16.5. The van der Waals surface area contributed by atoms with Crippen LogP contribution in [-0.4, -0.2) is 27.3 Å². The maximum absolute atomic E-state index is 5.87. The van der Waals surface area contributed by atoms with E-state index in [4.69, 9.17) is 17.0 Å². The summed E-state index contributed by atoms with van der Waals surface area (Å²) in [4.78, 5) is 1.21. The van der Waals surface area contributed by atoms with Crippen molar-refractivity contribution in [1.29, 1.82) is 0 Å². The molecule has 0 aliphatic heterocycles. The van der Waals surface area contributed by atoms with Crippen LogP contribution < -0.4 is 4.74 Å². The summed E-state index contributed by atoms with van der Waals surface area (Å²) in [6.45, 7) is 6.83. The van der Waals surface area contributed by atoms with E-state index in [0.717, 1.165) is 11.3 Å². The number of nitrogens with zero attached hydrogens (tertiary/aromatic N) is 3. The first-order valence-corrected chi connectivity index (χ1v) is 10.6. The van der Waals surface area contributed by atoms with Gasteiger partial charge < -0.3 is 4.74 Å².